The lowest BCUT2D eigenvalue weighted by Gasteiger charge is -2.09. The number of aromatic nitrogens is 2. The Bertz CT molecular complexity index is 589. The van der Waals surface area contributed by atoms with Crippen LogP contribution in [0.15, 0.2) is 27.2 Å². The molecule has 1 atom stereocenters. The van der Waals surface area contributed by atoms with Crippen LogP contribution in [0.5, 0.6) is 0 Å². The number of nitrogens with one attached hydrogen (secondary N) is 1. The van der Waals surface area contributed by atoms with Crippen molar-refractivity contribution in [3.05, 3.63) is 34.1 Å². The van der Waals surface area contributed by atoms with E-state index in [0.717, 1.165) is 23.0 Å². The highest BCUT2D eigenvalue weighted by atomic mass is 79.9. The maximum Gasteiger partial charge on any atom is 0.244 e. The number of halogens is 1. The topological polar surface area (TPSA) is 51.0 Å². The quantitative estimate of drug-likeness (QED) is 0.900. The van der Waals surface area contributed by atoms with Gasteiger partial charge in [0.15, 0.2) is 0 Å². The Morgan fingerprint density at radius 3 is 3.05 bits per heavy atom. The van der Waals surface area contributed by atoms with E-state index in [4.69, 9.17) is 4.52 Å². The molecule has 2 aromatic rings. The molecule has 1 unspecified atom stereocenters. The number of aryl methyl sites for hydroxylation is 1. The summed E-state index contributed by atoms with van der Waals surface area (Å²) in [5.74, 6) is 1.37. The zero-order valence-electron chi connectivity index (χ0n) is 11.5. The first kappa shape index (κ1) is 13.8. The number of hydrogen-bond donors (Lipinski definition) is 1. The third kappa shape index (κ3) is 2.94. The van der Waals surface area contributed by atoms with Crippen molar-refractivity contribution in [2.24, 2.45) is 0 Å². The van der Waals surface area contributed by atoms with E-state index in [1.54, 1.807) is 0 Å². The Hall–Kier alpha value is -1.20. The second kappa shape index (κ2) is 6.06. The lowest BCUT2D eigenvalue weighted by Crippen LogP contribution is -2.20. The molecule has 3 rings (SSSR count). The molecule has 0 spiro atoms. The molecule has 1 saturated heterocycles. The van der Waals surface area contributed by atoms with Crippen LogP contribution in [-0.4, -0.2) is 16.7 Å². The Labute approximate surface area is 127 Å². The van der Waals surface area contributed by atoms with Crippen molar-refractivity contribution in [1.29, 1.82) is 0 Å². The lowest BCUT2D eigenvalue weighted by atomic mass is 10.1. The normalized spacial score (nSPS) is 19.8. The predicted octanol–water partition coefficient (Wildman–Crippen LogP) is 4.01. The summed E-state index contributed by atoms with van der Waals surface area (Å²) in [5, 5.41) is 7.59. The van der Waals surface area contributed by atoms with Gasteiger partial charge in [-0.05, 0) is 37.9 Å². The molecule has 1 aromatic carbocycles. The average Bonchev–Trinajstić information content (AvgIpc) is 2.78. The van der Waals surface area contributed by atoms with Gasteiger partial charge < -0.3 is 9.84 Å². The fourth-order valence-corrected chi connectivity index (χ4v) is 2.84. The highest BCUT2D eigenvalue weighted by Crippen LogP contribution is 2.26. The summed E-state index contributed by atoms with van der Waals surface area (Å²) >= 11 is 3.54. The monoisotopic (exact) mass is 335 g/mol. The molecule has 0 bridgehead atoms. The molecule has 4 nitrogen and oxygen atoms in total. The number of benzene rings is 1. The molecule has 0 amide bonds. The van der Waals surface area contributed by atoms with Gasteiger partial charge in [0, 0.05) is 10.0 Å². The lowest BCUT2D eigenvalue weighted by molar-refractivity contribution is 0.327. The molecule has 0 aliphatic carbocycles. The van der Waals surface area contributed by atoms with Crippen LogP contribution in [0.1, 0.15) is 43.2 Å². The van der Waals surface area contributed by atoms with Gasteiger partial charge in [0.2, 0.25) is 11.7 Å². The molecule has 1 fully saturated rings. The molecule has 0 radical (unpaired) electrons. The van der Waals surface area contributed by atoms with E-state index < -0.39 is 0 Å². The predicted molar refractivity (Wildman–Crippen MR) is 81.4 cm³/mol. The van der Waals surface area contributed by atoms with Crippen molar-refractivity contribution in [3.8, 4) is 11.4 Å². The second-order valence-corrected chi connectivity index (χ2v) is 6.13. The van der Waals surface area contributed by atoms with Crippen molar-refractivity contribution in [3.63, 3.8) is 0 Å². The van der Waals surface area contributed by atoms with Gasteiger partial charge in [-0.3, -0.25) is 0 Å². The molecule has 1 N–H and O–H groups in total. The minimum absolute atomic E-state index is 0.202. The Kier molecular flexibility index (Phi) is 4.17. The summed E-state index contributed by atoms with van der Waals surface area (Å²) in [6.07, 6.45) is 4.78. The van der Waals surface area contributed by atoms with Gasteiger partial charge >= 0.3 is 0 Å². The van der Waals surface area contributed by atoms with Crippen LogP contribution in [0, 0.1) is 6.92 Å². The highest BCUT2D eigenvalue weighted by molar-refractivity contribution is 9.10. The van der Waals surface area contributed by atoms with Crippen molar-refractivity contribution < 1.29 is 4.52 Å². The third-order valence-corrected chi connectivity index (χ3v) is 4.58. The SMILES string of the molecule is Cc1ccc(-c2noc(C3CCCCCN3)n2)cc1Br. The van der Waals surface area contributed by atoms with Gasteiger partial charge in [0.1, 0.15) is 0 Å². The molecular formula is C15H18BrN3O. The Morgan fingerprint density at radius 2 is 2.20 bits per heavy atom. The summed E-state index contributed by atoms with van der Waals surface area (Å²) in [6, 6.07) is 6.31. The van der Waals surface area contributed by atoms with E-state index in [9.17, 15) is 0 Å². The van der Waals surface area contributed by atoms with E-state index in [2.05, 4.69) is 44.4 Å². The summed E-state index contributed by atoms with van der Waals surface area (Å²) < 4.78 is 6.51. The minimum atomic E-state index is 0.202. The molecule has 1 aliphatic rings. The van der Waals surface area contributed by atoms with E-state index in [1.807, 2.05) is 12.1 Å². The third-order valence-electron chi connectivity index (χ3n) is 3.73. The zero-order valence-corrected chi connectivity index (χ0v) is 13.1. The van der Waals surface area contributed by atoms with Crippen LogP contribution in [-0.2, 0) is 0 Å². The standard InChI is InChI=1S/C15H18BrN3O/c1-10-6-7-11(9-12(10)16)14-18-15(20-19-14)13-5-3-2-4-8-17-13/h6-7,9,13,17H,2-5,8H2,1H3. The summed E-state index contributed by atoms with van der Waals surface area (Å²) in [4.78, 5) is 4.56. The average molecular weight is 336 g/mol. The largest absolute Gasteiger partial charge is 0.337 e. The van der Waals surface area contributed by atoms with E-state index in [-0.39, 0.29) is 6.04 Å². The van der Waals surface area contributed by atoms with Crippen LogP contribution in [0.4, 0.5) is 0 Å². The van der Waals surface area contributed by atoms with Gasteiger partial charge in [-0.2, -0.15) is 4.98 Å². The van der Waals surface area contributed by atoms with Crippen molar-refractivity contribution in [2.75, 3.05) is 6.54 Å². The smallest absolute Gasteiger partial charge is 0.244 e. The van der Waals surface area contributed by atoms with Gasteiger partial charge in [0.05, 0.1) is 6.04 Å². The van der Waals surface area contributed by atoms with E-state index >= 15 is 0 Å². The maximum absolute atomic E-state index is 5.45. The van der Waals surface area contributed by atoms with Crippen LogP contribution < -0.4 is 5.32 Å². The first-order chi connectivity index (χ1) is 9.74. The van der Waals surface area contributed by atoms with Gasteiger partial charge in [-0.15, -0.1) is 0 Å². The van der Waals surface area contributed by atoms with E-state index in [0.29, 0.717) is 11.7 Å². The van der Waals surface area contributed by atoms with Crippen molar-refractivity contribution >= 4 is 15.9 Å². The highest BCUT2D eigenvalue weighted by Gasteiger charge is 2.20. The Morgan fingerprint density at radius 1 is 1.30 bits per heavy atom. The summed E-state index contributed by atoms with van der Waals surface area (Å²) in [7, 11) is 0. The fourth-order valence-electron chi connectivity index (χ4n) is 2.47. The number of hydrogen-bond acceptors (Lipinski definition) is 4. The minimum Gasteiger partial charge on any atom is -0.337 e. The first-order valence-corrected chi connectivity index (χ1v) is 7.87. The van der Waals surface area contributed by atoms with Gasteiger partial charge in [0.25, 0.3) is 0 Å². The molecule has 5 heteroatoms. The molecule has 2 heterocycles. The van der Waals surface area contributed by atoms with Crippen LogP contribution in [0.3, 0.4) is 0 Å². The molecule has 1 aromatic heterocycles. The van der Waals surface area contributed by atoms with Crippen LogP contribution in [0.25, 0.3) is 11.4 Å². The fraction of sp³-hybridized carbons (Fsp3) is 0.467. The van der Waals surface area contributed by atoms with Crippen LogP contribution >= 0.6 is 15.9 Å². The number of nitrogens with zero attached hydrogens (tertiary/aromatic N) is 2. The molecular weight excluding hydrogens is 318 g/mol. The van der Waals surface area contributed by atoms with Gasteiger partial charge in [-0.1, -0.05) is 46.1 Å². The first-order valence-electron chi connectivity index (χ1n) is 7.07. The summed E-state index contributed by atoms with van der Waals surface area (Å²) in [5.41, 5.74) is 2.18. The maximum atomic E-state index is 5.45. The van der Waals surface area contributed by atoms with Gasteiger partial charge in [-0.25, -0.2) is 0 Å². The van der Waals surface area contributed by atoms with Crippen LogP contribution in [0.2, 0.25) is 0 Å². The van der Waals surface area contributed by atoms with Crippen molar-refractivity contribution in [1.82, 2.24) is 15.5 Å². The van der Waals surface area contributed by atoms with Crippen molar-refractivity contribution in [2.45, 2.75) is 38.6 Å². The molecule has 1 aliphatic heterocycles. The zero-order chi connectivity index (χ0) is 13.9. The Balaban J connectivity index is 1.83. The number of rotatable bonds is 2. The molecule has 106 valence electrons. The van der Waals surface area contributed by atoms with E-state index in [1.165, 1.54) is 24.8 Å². The summed E-state index contributed by atoms with van der Waals surface area (Å²) in [6.45, 7) is 3.09. The molecule has 20 heavy (non-hydrogen) atoms. The second-order valence-electron chi connectivity index (χ2n) is 5.28. The molecule has 0 saturated carbocycles.